The number of nitrogens with one attached hydrogen (secondary N) is 2. The number of amides is 3. The monoisotopic (exact) mass is 382 g/mol. The molecule has 1 atom stereocenters. The van der Waals surface area contributed by atoms with E-state index in [1.165, 1.54) is 0 Å². The van der Waals surface area contributed by atoms with E-state index in [4.69, 9.17) is 10.6 Å². The molecule has 4 N–H and O–H groups in total. The van der Waals surface area contributed by atoms with Gasteiger partial charge in [-0.2, -0.15) is 0 Å². The molecule has 28 heavy (non-hydrogen) atoms. The lowest BCUT2D eigenvalue weighted by Crippen LogP contribution is -2.48. The number of rotatable bonds is 6. The molecule has 7 heteroatoms. The lowest BCUT2D eigenvalue weighted by molar-refractivity contribution is -0.121. The van der Waals surface area contributed by atoms with Crippen LogP contribution in [0.3, 0.4) is 0 Å². The van der Waals surface area contributed by atoms with Gasteiger partial charge in [0.25, 0.3) is 0 Å². The van der Waals surface area contributed by atoms with Crippen LogP contribution in [-0.2, 0) is 22.4 Å². The predicted molar refractivity (Wildman–Crippen MR) is 108 cm³/mol. The number of nitrogens with two attached hydrogens (primary N) is 1. The van der Waals surface area contributed by atoms with Gasteiger partial charge in [0.1, 0.15) is 0 Å². The van der Waals surface area contributed by atoms with Gasteiger partial charge in [0.2, 0.25) is 5.91 Å². The number of para-hydroxylation sites is 1. The summed E-state index contributed by atoms with van der Waals surface area (Å²) < 4.78 is 5.85. The third kappa shape index (κ3) is 5.80. The highest BCUT2D eigenvalue weighted by molar-refractivity contribution is 5.89. The molecule has 7 nitrogen and oxygen atoms in total. The van der Waals surface area contributed by atoms with Gasteiger partial charge >= 0.3 is 6.03 Å². The molecule has 0 aliphatic carbocycles. The standard InChI is InChI=1S/C21H26N4O3/c22-24-20(26)11-10-16-6-8-17(9-7-16)14-19-15-25(12-13-28-19)21(27)23-18-4-2-1-3-5-18/h1-9,19H,10-15,22H2,(H,23,27)(H,24,26). The van der Waals surface area contributed by atoms with Crippen molar-refractivity contribution in [3.8, 4) is 0 Å². The Balaban J connectivity index is 1.50. The average molecular weight is 382 g/mol. The highest BCUT2D eigenvalue weighted by Gasteiger charge is 2.24. The predicted octanol–water partition coefficient (Wildman–Crippen LogP) is 2.08. The van der Waals surface area contributed by atoms with Crippen molar-refractivity contribution >= 4 is 17.6 Å². The number of carbonyl (C=O) groups excluding carboxylic acids is 2. The van der Waals surface area contributed by atoms with Crippen molar-refractivity contribution in [3.63, 3.8) is 0 Å². The Kier molecular flexibility index (Phi) is 7.00. The van der Waals surface area contributed by atoms with Crippen LogP contribution in [0.1, 0.15) is 17.5 Å². The Morgan fingerprint density at radius 3 is 2.50 bits per heavy atom. The number of hydrazine groups is 1. The third-order valence-corrected chi connectivity index (χ3v) is 4.74. The van der Waals surface area contributed by atoms with Crippen LogP contribution in [0.4, 0.5) is 10.5 Å². The van der Waals surface area contributed by atoms with Crippen molar-refractivity contribution in [2.75, 3.05) is 25.0 Å². The number of benzene rings is 2. The van der Waals surface area contributed by atoms with Crippen LogP contribution in [0, 0.1) is 0 Å². The van der Waals surface area contributed by atoms with Gasteiger partial charge in [0, 0.05) is 31.6 Å². The number of ether oxygens (including phenoxy) is 1. The molecule has 1 fully saturated rings. The van der Waals surface area contributed by atoms with E-state index < -0.39 is 0 Å². The second kappa shape index (κ2) is 9.87. The summed E-state index contributed by atoms with van der Waals surface area (Å²) in [5, 5.41) is 2.92. The van der Waals surface area contributed by atoms with Crippen molar-refractivity contribution in [1.29, 1.82) is 0 Å². The highest BCUT2D eigenvalue weighted by atomic mass is 16.5. The minimum atomic E-state index is -0.173. The number of carbonyl (C=O) groups is 2. The first kappa shape index (κ1) is 19.9. The van der Waals surface area contributed by atoms with Crippen molar-refractivity contribution in [3.05, 3.63) is 65.7 Å². The lowest BCUT2D eigenvalue weighted by Gasteiger charge is -2.33. The largest absolute Gasteiger partial charge is 0.374 e. The van der Waals surface area contributed by atoms with Gasteiger partial charge in [-0.25, -0.2) is 10.6 Å². The Morgan fingerprint density at radius 1 is 1.07 bits per heavy atom. The van der Waals surface area contributed by atoms with Gasteiger partial charge < -0.3 is 15.0 Å². The molecule has 148 valence electrons. The SMILES string of the molecule is NNC(=O)CCc1ccc(CC2CN(C(=O)Nc3ccccc3)CCO2)cc1. The first-order chi connectivity index (χ1) is 13.6. The molecule has 0 aromatic heterocycles. The van der Waals surface area contributed by atoms with E-state index in [9.17, 15) is 9.59 Å². The van der Waals surface area contributed by atoms with E-state index in [2.05, 4.69) is 10.7 Å². The summed E-state index contributed by atoms with van der Waals surface area (Å²) in [5.41, 5.74) is 5.15. The zero-order valence-electron chi connectivity index (χ0n) is 15.8. The minimum Gasteiger partial charge on any atom is -0.374 e. The summed E-state index contributed by atoms with van der Waals surface area (Å²) in [7, 11) is 0. The van der Waals surface area contributed by atoms with Crippen LogP contribution in [-0.4, -0.2) is 42.6 Å². The van der Waals surface area contributed by atoms with Crippen molar-refractivity contribution in [1.82, 2.24) is 10.3 Å². The van der Waals surface area contributed by atoms with E-state index in [0.29, 0.717) is 32.5 Å². The van der Waals surface area contributed by atoms with Crippen molar-refractivity contribution in [2.24, 2.45) is 5.84 Å². The van der Waals surface area contributed by atoms with E-state index in [1.54, 1.807) is 4.90 Å². The highest BCUT2D eigenvalue weighted by Crippen LogP contribution is 2.15. The molecule has 2 aromatic carbocycles. The molecule has 0 spiro atoms. The molecule has 0 radical (unpaired) electrons. The fourth-order valence-electron chi connectivity index (χ4n) is 3.19. The molecule has 1 aliphatic heterocycles. The fourth-order valence-corrected chi connectivity index (χ4v) is 3.19. The lowest BCUT2D eigenvalue weighted by atomic mass is 10.0. The normalized spacial score (nSPS) is 16.5. The summed E-state index contributed by atoms with van der Waals surface area (Å²) in [6.45, 7) is 1.66. The average Bonchev–Trinajstić information content (AvgIpc) is 2.74. The third-order valence-electron chi connectivity index (χ3n) is 4.74. The molecule has 3 amide bonds. The van der Waals surface area contributed by atoms with Crippen LogP contribution in [0.2, 0.25) is 0 Å². The maximum atomic E-state index is 12.5. The second-order valence-corrected chi connectivity index (χ2v) is 6.82. The summed E-state index contributed by atoms with van der Waals surface area (Å²) >= 11 is 0. The van der Waals surface area contributed by atoms with Gasteiger partial charge in [0.15, 0.2) is 0 Å². The van der Waals surface area contributed by atoms with Crippen LogP contribution in [0.15, 0.2) is 54.6 Å². The number of nitrogens with zero attached hydrogens (tertiary/aromatic N) is 1. The van der Waals surface area contributed by atoms with Gasteiger partial charge in [-0.3, -0.25) is 10.2 Å². The van der Waals surface area contributed by atoms with Crippen molar-refractivity contribution < 1.29 is 14.3 Å². The number of aryl methyl sites for hydroxylation is 1. The number of hydrogen-bond donors (Lipinski definition) is 3. The van der Waals surface area contributed by atoms with Gasteiger partial charge in [0.05, 0.1) is 12.7 Å². The quantitative estimate of drug-likeness (QED) is 0.405. The molecule has 3 rings (SSSR count). The molecule has 0 saturated carbocycles. The molecule has 1 saturated heterocycles. The van der Waals surface area contributed by atoms with Crippen LogP contribution < -0.4 is 16.6 Å². The maximum Gasteiger partial charge on any atom is 0.322 e. The van der Waals surface area contributed by atoms with E-state index in [-0.39, 0.29) is 18.0 Å². The van der Waals surface area contributed by atoms with Crippen molar-refractivity contribution in [2.45, 2.75) is 25.4 Å². The van der Waals surface area contributed by atoms with E-state index in [0.717, 1.165) is 23.2 Å². The van der Waals surface area contributed by atoms with Gasteiger partial charge in [-0.05, 0) is 29.7 Å². The molecular formula is C21H26N4O3. The van der Waals surface area contributed by atoms with Gasteiger partial charge in [-0.1, -0.05) is 42.5 Å². The molecule has 1 unspecified atom stereocenters. The number of hydrogen-bond acceptors (Lipinski definition) is 4. The summed E-state index contributed by atoms with van der Waals surface area (Å²) in [5.74, 6) is 4.92. The Bertz CT molecular complexity index is 780. The van der Waals surface area contributed by atoms with Crippen LogP contribution in [0.25, 0.3) is 0 Å². The molecule has 0 bridgehead atoms. The summed E-state index contributed by atoms with van der Waals surface area (Å²) in [6.07, 6.45) is 1.71. The first-order valence-electron chi connectivity index (χ1n) is 9.44. The summed E-state index contributed by atoms with van der Waals surface area (Å²) in [4.78, 5) is 25.5. The fraction of sp³-hybridized carbons (Fsp3) is 0.333. The zero-order valence-corrected chi connectivity index (χ0v) is 15.8. The molecule has 1 aliphatic rings. The Morgan fingerprint density at radius 2 is 1.79 bits per heavy atom. The Hall–Kier alpha value is -2.90. The minimum absolute atomic E-state index is 0.0378. The maximum absolute atomic E-state index is 12.5. The first-order valence-corrected chi connectivity index (χ1v) is 9.44. The number of anilines is 1. The van der Waals surface area contributed by atoms with E-state index in [1.807, 2.05) is 54.6 Å². The van der Waals surface area contributed by atoms with E-state index >= 15 is 0 Å². The number of urea groups is 1. The molecule has 1 heterocycles. The topological polar surface area (TPSA) is 96.7 Å². The van der Waals surface area contributed by atoms with Gasteiger partial charge in [-0.15, -0.1) is 0 Å². The zero-order chi connectivity index (χ0) is 19.8. The second-order valence-electron chi connectivity index (χ2n) is 6.82. The Labute approximate surface area is 164 Å². The summed E-state index contributed by atoms with van der Waals surface area (Å²) in [6, 6.07) is 17.5. The molecule has 2 aromatic rings. The smallest absolute Gasteiger partial charge is 0.322 e. The van der Waals surface area contributed by atoms with Crippen LogP contribution in [0.5, 0.6) is 0 Å². The number of morpholine rings is 1. The molecular weight excluding hydrogens is 356 g/mol. The van der Waals surface area contributed by atoms with Crippen LogP contribution >= 0.6 is 0 Å².